The first-order valence-electron chi connectivity index (χ1n) is 11.4. The fraction of sp³-hybridized carbons (Fsp3) is 0.565. The molecular weight excluding hydrogens is 390 g/mol. The first-order chi connectivity index (χ1) is 15.1. The number of aliphatic imine (C=N–C) groups is 1. The number of nitrogens with zero attached hydrogens (tertiary/aromatic N) is 5. The molecule has 0 spiro atoms. The Morgan fingerprint density at radius 3 is 2.77 bits per heavy atom. The van der Waals surface area contributed by atoms with Crippen LogP contribution in [0.1, 0.15) is 56.0 Å². The van der Waals surface area contributed by atoms with Crippen LogP contribution >= 0.6 is 0 Å². The summed E-state index contributed by atoms with van der Waals surface area (Å²) >= 11 is 0. The summed E-state index contributed by atoms with van der Waals surface area (Å²) in [7, 11) is 0. The van der Waals surface area contributed by atoms with Gasteiger partial charge >= 0.3 is 0 Å². The van der Waals surface area contributed by atoms with Crippen LogP contribution in [0.2, 0.25) is 0 Å². The minimum Gasteiger partial charge on any atom is -0.357 e. The van der Waals surface area contributed by atoms with E-state index in [0.717, 1.165) is 80.6 Å². The maximum atomic E-state index is 12.1. The third-order valence-electron chi connectivity index (χ3n) is 5.37. The summed E-state index contributed by atoms with van der Waals surface area (Å²) in [5.41, 5.74) is 3.09. The van der Waals surface area contributed by atoms with Crippen LogP contribution in [0.4, 0.5) is 0 Å². The summed E-state index contributed by atoms with van der Waals surface area (Å²) in [6.07, 6.45) is 6.77. The zero-order valence-electron chi connectivity index (χ0n) is 19.0. The van der Waals surface area contributed by atoms with Crippen LogP contribution in [0.3, 0.4) is 0 Å². The minimum atomic E-state index is 0.300. The number of hydrogen-bond donors (Lipinski definition) is 2. The molecule has 1 fully saturated rings. The lowest BCUT2D eigenvalue weighted by molar-refractivity contribution is -0.130. The molecule has 2 aromatic heterocycles. The van der Waals surface area contributed by atoms with Gasteiger partial charge in [0.25, 0.3) is 0 Å². The Labute approximate surface area is 185 Å². The quantitative estimate of drug-likeness (QED) is 0.386. The molecule has 2 aromatic rings. The Balaban J connectivity index is 1.49. The van der Waals surface area contributed by atoms with Crippen molar-refractivity contribution >= 4 is 11.9 Å². The van der Waals surface area contributed by atoms with Crippen LogP contribution in [0.25, 0.3) is 5.82 Å². The molecule has 0 atom stereocenters. The van der Waals surface area contributed by atoms with E-state index in [4.69, 9.17) is 0 Å². The maximum Gasteiger partial charge on any atom is 0.222 e. The molecule has 0 bridgehead atoms. The number of hydrogen-bond acceptors (Lipinski definition) is 4. The highest BCUT2D eigenvalue weighted by Crippen LogP contribution is 2.12. The zero-order chi connectivity index (χ0) is 22.1. The molecule has 1 aliphatic rings. The van der Waals surface area contributed by atoms with E-state index in [0.29, 0.717) is 18.9 Å². The molecule has 168 valence electrons. The number of rotatable bonds is 8. The summed E-state index contributed by atoms with van der Waals surface area (Å²) in [5, 5.41) is 11.1. The molecular formula is C23H35N7O. The average molecular weight is 426 g/mol. The number of aromatic nitrogens is 3. The highest BCUT2D eigenvalue weighted by atomic mass is 16.2. The molecule has 0 aromatic carbocycles. The van der Waals surface area contributed by atoms with Gasteiger partial charge in [0.15, 0.2) is 11.8 Å². The lowest BCUT2D eigenvalue weighted by Gasteiger charge is -2.20. The Bertz CT molecular complexity index is 873. The van der Waals surface area contributed by atoms with Crippen molar-refractivity contribution in [2.75, 3.05) is 26.2 Å². The number of likely N-dealkylation sites (tertiary alicyclic amines) is 1. The molecule has 2 N–H and O–H groups in total. The number of aryl methyl sites for hydroxylation is 2. The van der Waals surface area contributed by atoms with E-state index in [1.807, 2.05) is 47.8 Å². The summed E-state index contributed by atoms with van der Waals surface area (Å²) in [6, 6.07) is 6.05. The van der Waals surface area contributed by atoms with Crippen molar-refractivity contribution < 1.29 is 4.79 Å². The Hall–Kier alpha value is -2.90. The molecule has 0 radical (unpaired) electrons. The molecule has 3 heterocycles. The monoisotopic (exact) mass is 425 g/mol. The molecule has 0 aliphatic carbocycles. The van der Waals surface area contributed by atoms with Gasteiger partial charge in [-0.2, -0.15) is 5.10 Å². The fourth-order valence-corrected chi connectivity index (χ4v) is 3.76. The van der Waals surface area contributed by atoms with E-state index in [1.54, 1.807) is 0 Å². The predicted octanol–water partition coefficient (Wildman–Crippen LogP) is 2.73. The molecule has 8 heteroatoms. The van der Waals surface area contributed by atoms with Crippen molar-refractivity contribution in [3.63, 3.8) is 0 Å². The topological polar surface area (TPSA) is 87.4 Å². The molecule has 0 saturated carbocycles. The van der Waals surface area contributed by atoms with E-state index in [1.165, 1.54) is 0 Å². The lowest BCUT2D eigenvalue weighted by atomic mass is 10.2. The van der Waals surface area contributed by atoms with E-state index in [9.17, 15) is 4.79 Å². The van der Waals surface area contributed by atoms with Gasteiger partial charge in [-0.3, -0.25) is 4.79 Å². The molecule has 31 heavy (non-hydrogen) atoms. The van der Waals surface area contributed by atoms with Crippen molar-refractivity contribution in [3.05, 3.63) is 41.3 Å². The first kappa shape index (κ1) is 22.8. The average Bonchev–Trinajstić information content (AvgIpc) is 2.97. The second-order valence-corrected chi connectivity index (χ2v) is 8.03. The van der Waals surface area contributed by atoms with Crippen molar-refractivity contribution in [1.29, 1.82) is 0 Å². The highest BCUT2D eigenvalue weighted by Gasteiger charge is 2.15. The fourth-order valence-electron chi connectivity index (χ4n) is 3.76. The van der Waals surface area contributed by atoms with E-state index >= 15 is 0 Å². The predicted molar refractivity (Wildman–Crippen MR) is 123 cm³/mol. The minimum absolute atomic E-state index is 0.300. The van der Waals surface area contributed by atoms with Crippen LogP contribution in [0.5, 0.6) is 0 Å². The van der Waals surface area contributed by atoms with E-state index < -0.39 is 0 Å². The van der Waals surface area contributed by atoms with Gasteiger partial charge in [-0.1, -0.05) is 12.5 Å². The third kappa shape index (κ3) is 6.80. The van der Waals surface area contributed by atoms with Gasteiger partial charge in [0.2, 0.25) is 5.91 Å². The Morgan fingerprint density at radius 1 is 1.19 bits per heavy atom. The largest absolute Gasteiger partial charge is 0.357 e. The van der Waals surface area contributed by atoms with Gasteiger partial charge < -0.3 is 15.5 Å². The van der Waals surface area contributed by atoms with Crippen LogP contribution in [-0.2, 0) is 11.3 Å². The third-order valence-corrected chi connectivity index (χ3v) is 5.37. The van der Waals surface area contributed by atoms with Gasteiger partial charge in [-0.05, 0) is 57.7 Å². The normalized spacial score (nSPS) is 15.1. The Kier molecular flexibility index (Phi) is 8.44. The second kappa shape index (κ2) is 11.5. The van der Waals surface area contributed by atoms with Crippen LogP contribution in [-0.4, -0.2) is 57.7 Å². The zero-order valence-corrected chi connectivity index (χ0v) is 19.0. The van der Waals surface area contributed by atoms with Crippen molar-refractivity contribution in [3.8, 4) is 5.82 Å². The number of carbonyl (C=O) groups excluding carboxylic acids is 1. The molecule has 0 unspecified atom stereocenters. The van der Waals surface area contributed by atoms with Gasteiger partial charge in [0.1, 0.15) is 0 Å². The van der Waals surface area contributed by atoms with Crippen molar-refractivity contribution in [2.45, 2.75) is 59.4 Å². The molecule has 1 amide bonds. The van der Waals surface area contributed by atoms with E-state index in [2.05, 4.69) is 32.6 Å². The second-order valence-electron chi connectivity index (χ2n) is 8.03. The summed E-state index contributed by atoms with van der Waals surface area (Å²) < 4.78 is 1.85. The standard InChI is InChI=1S/C23H35N7O/c1-4-24-23(25-12-8-14-29-13-7-5-6-9-22(29)31)27-17-20-10-11-21(26-16-20)30-19(3)15-18(2)28-30/h10-11,15-16H,4-9,12-14,17H2,1-3H3,(H2,24,25,27). The molecule has 1 saturated heterocycles. The molecule has 8 nitrogen and oxygen atoms in total. The number of carbonyl (C=O) groups is 1. The van der Waals surface area contributed by atoms with Crippen LogP contribution in [0.15, 0.2) is 29.4 Å². The number of nitrogens with one attached hydrogen (secondary N) is 2. The van der Waals surface area contributed by atoms with Gasteiger partial charge in [-0.15, -0.1) is 0 Å². The van der Waals surface area contributed by atoms with Crippen LogP contribution < -0.4 is 10.6 Å². The summed E-state index contributed by atoms with van der Waals surface area (Å²) in [5.74, 6) is 1.90. The highest BCUT2D eigenvalue weighted by molar-refractivity contribution is 5.79. The van der Waals surface area contributed by atoms with Crippen molar-refractivity contribution in [2.24, 2.45) is 4.99 Å². The molecule has 1 aliphatic heterocycles. The van der Waals surface area contributed by atoms with Crippen LogP contribution in [0, 0.1) is 13.8 Å². The number of guanidine groups is 1. The van der Waals surface area contributed by atoms with E-state index in [-0.39, 0.29) is 0 Å². The SMILES string of the molecule is CCNC(=NCc1ccc(-n2nc(C)cc2C)nc1)NCCCN1CCCCCC1=O. The van der Waals surface area contributed by atoms with Gasteiger partial charge in [-0.25, -0.2) is 14.7 Å². The lowest BCUT2D eigenvalue weighted by Crippen LogP contribution is -2.39. The van der Waals surface area contributed by atoms with Crippen molar-refractivity contribution in [1.82, 2.24) is 30.3 Å². The number of pyridine rings is 1. The van der Waals surface area contributed by atoms with Gasteiger partial charge in [0.05, 0.1) is 12.2 Å². The maximum absolute atomic E-state index is 12.1. The molecule has 3 rings (SSSR count). The summed E-state index contributed by atoms with van der Waals surface area (Å²) in [6.45, 7) is 9.89. The smallest absolute Gasteiger partial charge is 0.222 e. The Morgan fingerprint density at radius 2 is 2.06 bits per heavy atom. The van der Waals surface area contributed by atoms with Gasteiger partial charge in [0, 0.05) is 44.5 Å². The number of amides is 1. The first-order valence-corrected chi connectivity index (χ1v) is 11.4. The summed E-state index contributed by atoms with van der Waals surface area (Å²) in [4.78, 5) is 23.3.